The minimum absolute atomic E-state index is 0.0135. The van der Waals surface area contributed by atoms with E-state index in [1.807, 2.05) is 30.9 Å². The van der Waals surface area contributed by atoms with Crippen LogP contribution in [0.4, 0.5) is 0 Å². The van der Waals surface area contributed by atoms with Crippen molar-refractivity contribution in [2.75, 3.05) is 7.11 Å². The van der Waals surface area contributed by atoms with Crippen LogP contribution in [0, 0.1) is 6.92 Å². The number of ether oxygens (including phenoxy) is 1. The quantitative estimate of drug-likeness (QED) is 0.903. The summed E-state index contributed by atoms with van der Waals surface area (Å²) < 4.78 is 5.29. The fourth-order valence-electron chi connectivity index (χ4n) is 2.81. The summed E-state index contributed by atoms with van der Waals surface area (Å²) in [5.41, 5.74) is 2.24. The fraction of sp³-hybridized carbons (Fsp3) is 0.533. The highest BCUT2D eigenvalue weighted by Gasteiger charge is 2.45. The number of hydrogen-bond donors (Lipinski definition) is 1. The number of aryl methyl sites for hydroxylation is 1. The average Bonchev–Trinajstić information content (AvgIpc) is 3.17. The van der Waals surface area contributed by atoms with E-state index < -0.39 is 0 Å². The van der Waals surface area contributed by atoms with Crippen LogP contribution in [0.15, 0.2) is 18.2 Å². The second-order valence-corrected chi connectivity index (χ2v) is 5.50. The number of methoxy groups -OCH3 is 1. The van der Waals surface area contributed by atoms with Gasteiger partial charge in [0.2, 0.25) is 5.91 Å². The molecule has 0 bridgehead atoms. The second kappa shape index (κ2) is 4.53. The van der Waals surface area contributed by atoms with Crippen molar-refractivity contribution < 1.29 is 9.53 Å². The number of nitrogens with one attached hydrogen (secondary N) is 1. The first kappa shape index (κ1) is 12.5. The van der Waals surface area contributed by atoms with Gasteiger partial charge in [-0.2, -0.15) is 0 Å². The Morgan fingerprint density at radius 1 is 1.37 bits per heavy atom. The Morgan fingerprint density at radius 3 is 2.68 bits per heavy atom. The molecule has 1 heterocycles. The summed E-state index contributed by atoms with van der Waals surface area (Å²) in [7, 11) is 1.68. The van der Waals surface area contributed by atoms with Crippen LogP contribution < -0.4 is 10.1 Å². The number of rotatable bonds is 3. The maximum absolute atomic E-state index is 12.2. The molecule has 1 aromatic rings. The van der Waals surface area contributed by atoms with Crippen LogP contribution in [0.5, 0.6) is 5.75 Å². The molecule has 1 amide bonds. The predicted molar refractivity (Wildman–Crippen MR) is 72.9 cm³/mol. The van der Waals surface area contributed by atoms with Crippen LogP contribution in [-0.4, -0.2) is 30.0 Å². The normalized spacial score (nSPS) is 26.9. The van der Waals surface area contributed by atoms with Gasteiger partial charge in [-0.1, -0.05) is 6.07 Å². The maximum Gasteiger partial charge on any atom is 0.241 e. The smallest absolute Gasteiger partial charge is 0.241 e. The lowest BCUT2D eigenvalue weighted by molar-refractivity contribution is -0.130. The van der Waals surface area contributed by atoms with Gasteiger partial charge in [0, 0.05) is 6.04 Å². The predicted octanol–water partition coefficient (Wildman–Crippen LogP) is 1.98. The molecular formula is C15H20N2O2. The van der Waals surface area contributed by atoms with Gasteiger partial charge < -0.3 is 9.64 Å². The summed E-state index contributed by atoms with van der Waals surface area (Å²) in [6.07, 6.45) is 2.27. The van der Waals surface area contributed by atoms with Crippen LogP contribution in [-0.2, 0) is 4.79 Å². The average molecular weight is 260 g/mol. The van der Waals surface area contributed by atoms with Gasteiger partial charge in [0.25, 0.3) is 0 Å². The van der Waals surface area contributed by atoms with Crippen molar-refractivity contribution in [1.29, 1.82) is 0 Å². The molecular weight excluding hydrogens is 240 g/mol. The van der Waals surface area contributed by atoms with Crippen molar-refractivity contribution in [2.45, 2.75) is 44.9 Å². The molecule has 1 saturated heterocycles. The van der Waals surface area contributed by atoms with Gasteiger partial charge in [-0.05, 0) is 49.9 Å². The summed E-state index contributed by atoms with van der Waals surface area (Å²) >= 11 is 0. The van der Waals surface area contributed by atoms with E-state index in [0.29, 0.717) is 6.04 Å². The molecule has 2 aliphatic rings. The third kappa shape index (κ3) is 2.10. The van der Waals surface area contributed by atoms with Gasteiger partial charge in [0.15, 0.2) is 0 Å². The zero-order valence-corrected chi connectivity index (χ0v) is 11.6. The van der Waals surface area contributed by atoms with E-state index in [9.17, 15) is 4.79 Å². The van der Waals surface area contributed by atoms with E-state index in [-0.39, 0.29) is 18.1 Å². The first-order chi connectivity index (χ1) is 9.11. The Bertz CT molecular complexity index is 511. The molecule has 2 atom stereocenters. The van der Waals surface area contributed by atoms with E-state index in [1.54, 1.807) is 7.11 Å². The lowest BCUT2D eigenvalue weighted by Crippen LogP contribution is -2.32. The van der Waals surface area contributed by atoms with Crippen LogP contribution in [0.2, 0.25) is 0 Å². The molecule has 2 unspecified atom stereocenters. The van der Waals surface area contributed by atoms with Crippen molar-refractivity contribution >= 4 is 5.91 Å². The summed E-state index contributed by atoms with van der Waals surface area (Å²) in [6, 6.07) is 6.47. The van der Waals surface area contributed by atoms with Crippen molar-refractivity contribution in [1.82, 2.24) is 10.2 Å². The van der Waals surface area contributed by atoms with Crippen LogP contribution in [0.3, 0.4) is 0 Å². The zero-order valence-electron chi connectivity index (χ0n) is 11.6. The molecule has 4 nitrogen and oxygen atoms in total. The van der Waals surface area contributed by atoms with Crippen LogP contribution in [0.25, 0.3) is 0 Å². The largest absolute Gasteiger partial charge is 0.496 e. The third-order valence-corrected chi connectivity index (χ3v) is 3.99. The van der Waals surface area contributed by atoms with Crippen LogP contribution >= 0.6 is 0 Å². The second-order valence-electron chi connectivity index (χ2n) is 5.50. The zero-order chi connectivity index (χ0) is 13.6. The van der Waals surface area contributed by atoms with E-state index >= 15 is 0 Å². The molecule has 19 heavy (non-hydrogen) atoms. The third-order valence-electron chi connectivity index (χ3n) is 3.99. The Morgan fingerprint density at radius 2 is 2.11 bits per heavy atom. The molecule has 0 radical (unpaired) electrons. The van der Waals surface area contributed by atoms with Gasteiger partial charge in [-0.15, -0.1) is 0 Å². The molecule has 1 aromatic carbocycles. The minimum atomic E-state index is -0.0898. The number of carbonyl (C=O) groups excluding carboxylic acids is 1. The molecule has 1 aliphatic heterocycles. The summed E-state index contributed by atoms with van der Waals surface area (Å²) in [4.78, 5) is 14.2. The first-order valence-electron chi connectivity index (χ1n) is 6.84. The van der Waals surface area contributed by atoms with Crippen molar-refractivity contribution in [2.24, 2.45) is 0 Å². The molecule has 102 valence electrons. The number of carbonyl (C=O) groups is 1. The van der Waals surface area contributed by atoms with Gasteiger partial charge in [-0.3, -0.25) is 10.1 Å². The molecule has 0 aromatic heterocycles. The molecule has 3 rings (SSSR count). The highest BCUT2D eigenvalue weighted by Crippen LogP contribution is 2.37. The van der Waals surface area contributed by atoms with Crippen molar-refractivity contribution in [3.05, 3.63) is 29.3 Å². The highest BCUT2D eigenvalue weighted by atomic mass is 16.5. The van der Waals surface area contributed by atoms with E-state index in [4.69, 9.17) is 4.74 Å². The van der Waals surface area contributed by atoms with Crippen molar-refractivity contribution in [3.63, 3.8) is 0 Å². The van der Waals surface area contributed by atoms with Gasteiger partial charge in [0.05, 0.1) is 13.2 Å². The SMILES string of the molecule is COc1ccc(C2NC(C)C(=O)N2C2CC2)cc1C. The molecule has 1 aliphatic carbocycles. The highest BCUT2D eigenvalue weighted by molar-refractivity contribution is 5.84. The van der Waals surface area contributed by atoms with E-state index in [0.717, 1.165) is 29.7 Å². The Kier molecular flexibility index (Phi) is 2.97. The summed E-state index contributed by atoms with van der Waals surface area (Å²) in [5.74, 6) is 1.11. The summed E-state index contributed by atoms with van der Waals surface area (Å²) in [5, 5.41) is 3.39. The molecule has 1 N–H and O–H groups in total. The Balaban J connectivity index is 1.92. The van der Waals surface area contributed by atoms with Gasteiger partial charge in [0.1, 0.15) is 11.9 Å². The molecule has 0 spiro atoms. The standard InChI is InChI=1S/C15H20N2O2/c1-9-8-11(4-7-13(9)19-3)14-16-10(2)15(18)17(14)12-5-6-12/h4,7-8,10,12,14,16H,5-6H2,1-3H3. The number of benzene rings is 1. The van der Waals surface area contributed by atoms with Gasteiger partial charge >= 0.3 is 0 Å². The lowest BCUT2D eigenvalue weighted by Gasteiger charge is -2.25. The maximum atomic E-state index is 12.2. The molecule has 4 heteroatoms. The Labute approximate surface area is 113 Å². The minimum Gasteiger partial charge on any atom is -0.496 e. The number of nitrogens with zero attached hydrogens (tertiary/aromatic N) is 1. The Hall–Kier alpha value is -1.55. The monoisotopic (exact) mass is 260 g/mol. The first-order valence-corrected chi connectivity index (χ1v) is 6.84. The van der Waals surface area contributed by atoms with E-state index in [2.05, 4.69) is 11.4 Å². The van der Waals surface area contributed by atoms with Crippen molar-refractivity contribution in [3.8, 4) is 5.75 Å². The molecule has 1 saturated carbocycles. The van der Waals surface area contributed by atoms with E-state index in [1.165, 1.54) is 0 Å². The fourth-order valence-corrected chi connectivity index (χ4v) is 2.81. The lowest BCUT2D eigenvalue weighted by atomic mass is 10.1. The topological polar surface area (TPSA) is 41.6 Å². The molecule has 2 fully saturated rings. The summed E-state index contributed by atoms with van der Waals surface area (Å²) in [6.45, 7) is 3.97. The number of hydrogen-bond acceptors (Lipinski definition) is 3. The van der Waals surface area contributed by atoms with Crippen LogP contribution in [0.1, 0.15) is 37.1 Å². The number of amides is 1. The van der Waals surface area contributed by atoms with Gasteiger partial charge in [-0.25, -0.2) is 0 Å².